The lowest BCUT2D eigenvalue weighted by Gasteiger charge is -2.23. The fraction of sp³-hybridized carbons (Fsp3) is 0.250. The highest BCUT2D eigenvalue weighted by Gasteiger charge is 2.14. The molecule has 0 aliphatic rings. The molecule has 0 saturated heterocycles. The van der Waals surface area contributed by atoms with E-state index < -0.39 is 0 Å². The van der Waals surface area contributed by atoms with Crippen LogP contribution >= 0.6 is 0 Å². The van der Waals surface area contributed by atoms with Gasteiger partial charge in [0.15, 0.2) is 0 Å². The van der Waals surface area contributed by atoms with E-state index in [0.29, 0.717) is 17.8 Å². The maximum absolute atomic E-state index is 14.0. The molecule has 1 N–H and O–H groups in total. The van der Waals surface area contributed by atoms with Gasteiger partial charge in [-0.3, -0.25) is 0 Å². The van der Waals surface area contributed by atoms with E-state index in [9.17, 15) is 9.50 Å². The zero-order chi connectivity index (χ0) is 14.5. The predicted molar refractivity (Wildman–Crippen MR) is 77.4 cm³/mol. The van der Waals surface area contributed by atoms with Crippen molar-refractivity contribution < 1.29 is 14.2 Å². The molecule has 0 heterocycles. The average Bonchev–Trinajstić information content (AvgIpc) is 2.47. The summed E-state index contributed by atoms with van der Waals surface area (Å²) >= 11 is 0. The summed E-state index contributed by atoms with van der Waals surface area (Å²) in [5, 5.41) is 9.34. The van der Waals surface area contributed by atoms with Crippen molar-refractivity contribution >= 4 is 5.69 Å². The second-order valence-corrected chi connectivity index (χ2v) is 4.57. The SMILES string of the molecule is COc1ccccc1CN(C)c1c(F)cccc1CO. The van der Waals surface area contributed by atoms with Gasteiger partial charge in [-0.1, -0.05) is 30.3 Å². The van der Waals surface area contributed by atoms with E-state index in [2.05, 4.69) is 0 Å². The number of para-hydroxylation sites is 2. The second-order valence-electron chi connectivity index (χ2n) is 4.57. The Kier molecular flexibility index (Phi) is 4.58. The summed E-state index contributed by atoms with van der Waals surface area (Å²) < 4.78 is 19.3. The third-order valence-electron chi connectivity index (χ3n) is 3.22. The number of methoxy groups -OCH3 is 1. The van der Waals surface area contributed by atoms with Crippen LogP contribution in [0.15, 0.2) is 42.5 Å². The third-order valence-corrected chi connectivity index (χ3v) is 3.22. The van der Waals surface area contributed by atoms with E-state index in [-0.39, 0.29) is 12.4 Å². The summed E-state index contributed by atoms with van der Waals surface area (Å²) in [5.74, 6) is 0.426. The van der Waals surface area contributed by atoms with Gasteiger partial charge in [0.1, 0.15) is 11.6 Å². The van der Waals surface area contributed by atoms with E-state index in [1.54, 1.807) is 31.2 Å². The molecule has 2 aromatic rings. The molecule has 4 heteroatoms. The van der Waals surface area contributed by atoms with Gasteiger partial charge in [0.25, 0.3) is 0 Å². The van der Waals surface area contributed by atoms with Gasteiger partial charge in [-0.15, -0.1) is 0 Å². The number of nitrogens with zero attached hydrogens (tertiary/aromatic N) is 1. The highest BCUT2D eigenvalue weighted by atomic mass is 19.1. The lowest BCUT2D eigenvalue weighted by atomic mass is 10.1. The second kappa shape index (κ2) is 6.39. The predicted octanol–water partition coefficient (Wildman–Crippen LogP) is 2.96. The largest absolute Gasteiger partial charge is 0.496 e. The molecule has 2 rings (SSSR count). The van der Waals surface area contributed by atoms with E-state index in [4.69, 9.17) is 4.74 Å². The molecule has 0 radical (unpaired) electrons. The van der Waals surface area contributed by atoms with Gasteiger partial charge in [0.05, 0.1) is 19.4 Å². The van der Waals surface area contributed by atoms with Crippen LogP contribution in [-0.2, 0) is 13.2 Å². The van der Waals surface area contributed by atoms with Crippen molar-refractivity contribution in [2.75, 3.05) is 19.1 Å². The lowest BCUT2D eigenvalue weighted by molar-refractivity contribution is 0.281. The Labute approximate surface area is 118 Å². The first-order valence-electron chi connectivity index (χ1n) is 6.38. The van der Waals surface area contributed by atoms with Crippen molar-refractivity contribution in [1.29, 1.82) is 0 Å². The van der Waals surface area contributed by atoms with Crippen LogP contribution in [0.5, 0.6) is 5.75 Å². The zero-order valence-electron chi connectivity index (χ0n) is 11.6. The molecule has 0 amide bonds. The molecule has 0 aliphatic carbocycles. The Bertz CT molecular complexity index is 586. The minimum atomic E-state index is -0.339. The minimum absolute atomic E-state index is 0.191. The van der Waals surface area contributed by atoms with Gasteiger partial charge in [0, 0.05) is 24.7 Å². The van der Waals surface area contributed by atoms with E-state index in [1.165, 1.54) is 6.07 Å². The molecule has 2 aromatic carbocycles. The summed E-state index contributed by atoms with van der Waals surface area (Å²) in [4.78, 5) is 1.78. The smallest absolute Gasteiger partial charge is 0.146 e. The Morgan fingerprint density at radius 1 is 1.10 bits per heavy atom. The van der Waals surface area contributed by atoms with Crippen molar-refractivity contribution in [2.45, 2.75) is 13.2 Å². The number of benzene rings is 2. The number of aliphatic hydroxyl groups is 1. The van der Waals surface area contributed by atoms with Crippen molar-refractivity contribution in [1.82, 2.24) is 0 Å². The molecule has 0 aliphatic heterocycles. The van der Waals surface area contributed by atoms with Gasteiger partial charge >= 0.3 is 0 Å². The quantitative estimate of drug-likeness (QED) is 0.910. The van der Waals surface area contributed by atoms with Crippen LogP contribution in [0.4, 0.5) is 10.1 Å². The first-order valence-corrected chi connectivity index (χ1v) is 6.38. The van der Waals surface area contributed by atoms with Crippen LogP contribution in [-0.4, -0.2) is 19.3 Å². The summed E-state index contributed by atoms with van der Waals surface area (Å²) in [5.41, 5.74) is 1.95. The number of hydrogen-bond donors (Lipinski definition) is 1. The molecule has 0 unspecified atom stereocenters. The first kappa shape index (κ1) is 14.3. The van der Waals surface area contributed by atoms with Crippen LogP contribution in [0, 0.1) is 5.82 Å². The molecule has 0 atom stereocenters. The lowest BCUT2D eigenvalue weighted by Crippen LogP contribution is -2.20. The van der Waals surface area contributed by atoms with Crippen LogP contribution < -0.4 is 9.64 Å². The maximum Gasteiger partial charge on any atom is 0.146 e. The Balaban J connectivity index is 2.31. The van der Waals surface area contributed by atoms with E-state index in [0.717, 1.165) is 11.3 Å². The average molecular weight is 275 g/mol. The number of hydrogen-bond acceptors (Lipinski definition) is 3. The standard InChI is InChI=1S/C16H18FNO2/c1-18(10-12-6-3-4-9-15(12)20-2)16-13(11-19)7-5-8-14(16)17/h3-9,19H,10-11H2,1-2H3. The first-order chi connectivity index (χ1) is 9.67. The molecule has 0 spiro atoms. The Morgan fingerprint density at radius 2 is 1.80 bits per heavy atom. The Hall–Kier alpha value is -2.07. The summed E-state index contributed by atoms with van der Waals surface area (Å²) in [6, 6.07) is 12.3. The van der Waals surface area contributed by atoms with E-state index in [1.807, 2.05) is 24.3 Å². The van der Waals surface area contributed by atoms with Crippen molar-refractivity contribution in [2.24, 2.45) is 0 Å². The molecule has 3 nitrogen and oxygen atoms in total. The molecule has 0 saturated carbocycles. The van der Waals surface area contributed by atoms with Crippen molar-refractivity contribution in [3.63, 3.8) is 0 Å². The molecule has 0 bridgehead atoms. The van der Waals surface area contributed by atoms with Gasteiger partial charge in [-0.05, 0) is 12.1 Å². The van der Waals surface area contributed by atoms with Gasteiger partial charge in [-0.25, -0.2) is 4.39 Å². The molecule has 20 heavy (non-hydrogen) atoms. The van der Waals surface area contributed by atoms with Crippen LogP contribution in [0.2, 0.25) is 0 Å². The van der Waals surface area contributed by atoms with Gasteiger partial charge < -0.3 is 14.7 Å². The molecular weight excluding hydrogens is 257 g/mol. The van der Waals surface area contributed by atoms with E-state index >= 15 is 0 Å². The fourth-order valence-corrected chi connectivity index (χ4v) is 2.28. The third kappa shape index (κ3) is 2.91. The van der Waals surface area contributed by atoms with Crippen molar-refractivity contribution in [3.8, 4) is 5.75 Å². The fourth-order valence-electron chi connectivity index (χ4n) is 2.28. The number of ether oxygens (including phenoxy) is 1. The molecule has 0 fully saturated rings. The monoisotopic (exact) mass is 275 g/mol. The topological polar surface area (TPSA) is 32.7 Å². The highest BCUT2D eigenvalue weighted by Crippen LogP contribution is 2.27. The van der Waals surface area contributed by atoms with Crippen LogP contribution in [0.25, 0.3) is 0 Å². The number of anilines is 1. The Morgan fingerprint density at radius 3 is 2.50 bits per heavy atom. The summed E-state index contributed by atoms with van der Waals surface area (Å²) in [7, 11) is 3.41. The van der Waals surface area contributed by atoms with Crippen LogP contribution in [0.3, 0.4) is 0 Å². The van der Waals surface area contributed by atoms with Crippen LogP contribution in [0.1, 0.15) is 11.1 Å². The highest BCUT2D eigenvalue weighted by molar-refractivity contribution is 5.55. The molecule has 0 aromatic heterocycles. The molecule has 106 valence electrons. The maximum atomic E-state index is 14.0. The number of aliphatic hydroxyl groups excluding tert-OH is 1. The molecular formula is C16H18FNO2. The minimum Gasteiger partial charge on any atom is -0.496 e. The zero-order valence-corrected chi connectivity index (χ0v) is 11.6. The summed E-state index contributed by atoms with van der Waals surface area (Å²) in [6.07, 6.45) is 0. The number of rotatable bonds is 5. The van der Waals surface area contributed by atoms with Crippen molar-refractivity contribution in [3.05, 3.63) is 59.4 Å². The summed E-state index contributed by atoms with van der Waals surface area (Å²) in [6.45, 7) is 0.307. The normalized spacial score (nSPS) is 10.4. The van der Waals surface area contributed by atoms with Gasteiger partial charge in [-0.2, -0.15) is 0 Å². The number of halogens is 1. The van der Waals surface area contributed by atoms with Gasteiger partial charge in [0.2, 0.25) is 0 Å².